The van der Waals surface area contributed by atoms with Crippen LogP contribution in [-0.2, 0) is 6.54 Å². The van der Waals surface area contributed by atoms with Crippen LogP contribution < -0.4 is 16.4 Å². The number of nitrogen functional groups attached to an aromatic ring is 1. The highest BCUT2D eigenvalue weighted by Gasteiger charge is 2.27. The Morgan fingerprint density at radius 2 is 2.30 bits per heavy atom. The number of nitrogens with two attached hydrogens (primary N) is 1. The molecule has 2 aromatic heterocycles. The minimum atomic E-state index is -0.148. The van der Waals surface area contributed by atoms with Crippen LogP contribution in [0.1, 0.15) is 28.1 Å². The lowest BCUT2D eigenvalue weighted by atomic mass is 10.3. The Morgan fingerprint density at radius 1 is 1.50 bits per heavy atom. The number of nitrogens with one attached hydrogen (secondary N) is 2. The van der Waals surface area contributed by atoms with E-state index in [1.54, 1.807) is 0 Å². The lowest BCUT2D eigenvalue weighted by molar-refractivity contribution is 0.0953. The molecule has 1 amide bonds. The molecule has 0 unspecified atom stereocenters. The van der Waals surface area contributed by atoms with Gasteiger partial charge < -0.3 is 16.4 Å². The SMILES string of the molecule is Nc1nsc(NCc2ccc(Cl)s2)c1C(=O)NC1CC1. The van der Waals surface area contributed by atoms with Gasteiger partial charge in [0.05, 0.1) is 10.9 Å². The van der Waals surface area contributed by atoms with Crippen LogP contribution in [0.2, 0.25) is 4.34 Å². The summed E-state index contributed by atoms with van der Waals surface area (Å²) in [6.07, 6.45) is 2.08. The van der Waals surface area contributed by atoms with E-state index in [0.29, 0.717) is 23.2 Å². The normalized spacial score (nSPS) is 14.2. The summed E-state index contributed by atoms with van der Waals surface area (Å²) in [4.78, 5) is 13.2. The summed E-state index contributed by atoms with van der Waals surface area (Å²) in [6, 6.07) is 4.10. The molecule has 0 saturated heterocycles. The van der Waals surface area contributed by atoms with Gasteiger partial charge in [0.15, 0.2) is 5.82 Å². The third kappa shape index (κ3) is 3.05. The molecule has 106 valence electrons. The maximum absolute atomic E-state index is 12.1. The van der Waals surface area contributed by atoms with E-state index < -0.39 is 0 Å². The Morgan fingerprint density at radius 3 is 2.95 bits per heavy atom. The monoisotopic (exact) mass is 328 g/mol. The highest BCUT2D eigenvalue weighted by molar-refractivity contribution is 7.16. The van der Waals surface area contributed by atoms with E-state index in [9.17, 15) is 4.79 Å². The average molecular weight is 329 g/mol. The molecule has 2 heterocycles. The summed E-state index contributed by atoms with van der Waals surface area (Å²) in [5.74, 6) is 0.130. The summed E-state index contributed by atoms with van der Waals surface area (Å²) >= 11 is 8.60. The topological polar surface area (TPSA) is 80.0 Å². The number of carbonyl (C=O) groups excluding carboxylic acids is 1. The van der Waals surface area contributed by atoms with Crippen LogP contribution in [0.15, 0.2) is 12.1 Å². The Balaban J connectivity index is 1.70. The van der Waals surface area contributed by atoms with Crippen molar-refractivity contribution in [1.82, 2.24) is 9.69 Å². The minimum Gasteiger partial charge on any atom is -0.382 e. The summed E-state index contributed by atoms with van der Waals surface area (Å²) in [7, 11) is 0. The van der Waals surface area contributed by atoms with Crippen molar-refractivity contribution in [3.63, 3.8) is 0 Å². The summed E-state index contributed by atoms with van der Waals surface area (Å²) in [5, 5.41) is 6.83. The van der Waals surface area contributed by atoms with E-state index in [-0.39, 0.29) is 11.7 Å². The number of anilines is 2. The van der Waals surface area contributed by atoms with Gasteiger partial charge in [0.1, 0.15) is 10.6 Å². The average Bonchev–Trinajstić information content (AvgIpc) is 2.99. The molecule has 1 aliphatic rings. The van der Waals surface area contributed by atoms with E-state index in [1.165, 1.54) is 22.9 Å². The molecule has 0 radical (unpaired) electrons. The molecule has 4 N–H and O–H groups in total. The molecule has 8 heteroatoms. The minimum absolute atomic E-state index is 0.148. The van der Waals surface area contributed by atoms with Gasteiger partial charge in [-0.1, -0.05) is 11.6 Å². The molecule has 0 aliphatic heterocycles. The molecular weight excluding hydrogens is 316 g/mol. The number of thiophene rings is 1. The molecule has 0 aromatic carbocycles. The Labute approximate surface area is 129 Å². The molecule has 5 nitrogen and oxygen atoms in total. The zero-order valence-corrected chi connectivity index (χ0v) is 12.9. The number of hydrogen-bond donors (Lipinski definition) is 3. The molecular formula is C12H13ClN4OS2. The predicted molar refractivity (Wildman–Crippen MR) is 83.7 cm³/mol. The molecule has 0 bridgehead atoms. The molecule has 1 saturated carbocycles. The van der Waals surface area contributed by atoms with Crippen LogP contribution >= 0.6 is 34.5 Å². The molecule has 0 atom stereocenters. The summed E-state index contributed by atoms with van der Waals surface area (Å²) in [5.41, 5.74) is 6.24. The first-order valence-corrected chi connectivity index (χ1v) is 8.14. The van der Waals surface area contributed by atoms with Crippen LogP contribution in [0, 0.1) is 0 Å². The fourth-order valence-corrected chi connectivity index (χ4v) is 3.48. The maximum atomic E-state index is 12.1. The molecule has 3 rings (SSSR count). The third-order valence-electron chi connectivity index (χ3n) is 2.91. The maximum Gasteiger partial charge on any atom is 0.258 e. The number of halogens is 1. The second kappa shape index (κ2) is 5.59. The Hall–Kier alpha value is -1.31. The van der Waals surface area contributed by atoms with Crippen molar-refractivity contribution < 1.29 is 4.79 Å². The first-order chi connectivity index (χ1) is 9.63. The van der Waals surface area contributed by atoms with Crippen molar-refractivity contribution in [2.75, 3.05) is 11.1 Å². The molecule has 2 aromatic rings. The Kier molecular flexibility index (Phi) is 3.82. The second-order valence-electron chi connectivity index (χ2n) is 4.58. The molecule has 1 fully saturated rings. The largest absolute Gasteiger partial charge is 0.382 e. The van der Waals surface area contributed by atoms with Crippen molar-refractivity contribution >= 4 is 51.2 Å². The zero-order valence-electron chi connectivity index (χ0n) is 10.5. The van der Waals surface area contributed by atoms with Crippen molar-refractivity contribution in [3.05, 3.63) is 26.9 Å². The second-order valence-corrected chi connectivity index (χ2v) is 7.15. The van der Waals surface area contributed by atoms with Crippen molar-refractivity contribution in [2.24, 2.45) is 0 Å². The molecule has 0 spiro atoms. The van der Waals surface area contributed by atoms with Gasteiger partial charge in [-0.25, -0.2) is 0 Å². The zero-order chi connectivity index (χ0) is 14.1. The highest BCUT2D eigenvalue weighted by atomic mass is 35.5. The van der Waals surface area contributed by atoms with Crippen LogP contribution in [0.3, 0.4) is 0 Å². The van der Waals surface area contributed by atoms with E-state index >= 15 is 0 Å². The van der Waals surface area contributed by atoms with Crippen LogP contribution in [0.4, 0.5) is 10.8 Å². The van der Waals surface area contributed by atoms with Gasteiger partial charge in [-0.05, 0) is 36.5 Å². The number of nitrogens with zero attached hydrogens (tertiary/aromatic N) is 1. The van der Waals surface area contributed by atoms with E-state index in [1.807, 2.05) is 12.1 Å². The first-order valence-electron chi connectivity index (χ1n) is 6.17. The van der Waals surface area contributed by atoms with Crippen LogP contribution in [0.25, 0.3) is 0 Å². The lowest BCUT2D eigenvalue weighted by Gasteiger charge is -2.06. The van der Waals surface area contributed by atoms with Gasteiger partial charge in [-0.2, -0.15) is 4.37 Å². The van der Waals surface area contributed by atoms with Gasteiger partial charge in [-0.3, -0.25) is 4.79 Å². The first kappa shape index (κ1) is 13.7. The van der Waals surface area contributed by atoms with Gasteiger partial charge >= 0.3 is 0 Å². The molecule has 1 aliphatic carbocycles. The van der Waals surface area contributed by atoms with Crippen molar-refractivity contribution in [1.29, 1.82) is 0 Å². The summed E-state index contributed by atoms with van der Waals surface area (Å²) in [6.45, 7) is 0.600. The van der Waals surface area contributed by atoms with Crippen molar-refractivity contribution in [3.8, 4) is 0 Å². The van der Waals surface area contributed by atoms with E-state index in [2.05, 4.69) is 15.0 Å². The van der Waals surface area contributed by atoms with Gasteiger partial charge in [0.2, 0.25) is 0 Å². The van der Waals surface area contributed by atoms with Crippen LogP contribution in [-0.4, -0.2) is 16.3 Å². The van der Waals surface area contributed by atoms with Crippen LogP contribution in [0.5, 0.6) is 0 Å². The standard InChI is InChI=1S/C12H13ClN4OS2/c13-8-4-3-7(19-8)5-15-12-9(10(14)17-20-12)11(18)16-6-1-2-6/h3-4,6,15H,1-2,5H2,(H2,14,17)(H,16,18). The third-order valence-corrected chi connectivity index (χ3v) is 4.96. The number of rotatable bonds is 5. The fraction of sp³-hybridized carbons (Fsp3) is 0.333. The van der Waals surface area contributed by atoms with E-state index in [0.717, 1.165) is 22.1 Å². The molecule has 20 heavy (non-hydrogen) atoms. The number of carbonyl (C=O) groups is 1. The van der Waals surface area contributed by atoms with Gasteiger partial charge in [-0.15, -0.1) is 11.3 Å². The highest BCUT2D eigenvalue weighted by Crippen LogP contribution is 2.30. The number of aromatic nitrogens is 1. The predicted octanol–water partition coefficient (Wildman–Crippen LogP) is 2.94. The fourth-order valence-electron chi connectivity index (χ4n) is 1.74. The Bertz CT molecular complexity index is 635. The smallest absolute Gasteiger partial charge is 0.258 e. The van der Waals surface area contributed by atoms with Gasteiger partial charge in [0.25, 0.3) is 5.91 Å². The number of hydrogen-bond acceptors (Lipinski definition) is 6. The van der Waals surface area contributed by atoms with Crippen molar-refractivity contribution in [2.45, 2.75) is 25.4 Å². The number of amides is 1. The quantitative estimate of drug-likeness (QED) is 0.788. The van der Waals surface area contributed by atoms with E-state index in [4.69, 9.17) is 17.3 Å². The lowest BCUT2D eigenvalue weighted by Crippen LogP contribution is -2.26. The van der Waals surface area contributed by atoms with Gasteiger partial charge in [0, 0.05) is 10.9 Å². The summed E-state index contributed by atoms with van der Waals surface area (Å²) < 4.78 is 4.80.